The number of carbonyl (C=O) groups excluding carboxylic acids is 1. The largest absolute Gasteiger partial charge is 0.482 e. The second-order valence-corrected chi connectivity index (χ2v) is 7.30. The van der Waals surface area contributed by atoms with Crippen LogP contribution in [-0.4, -0.2) is 19.6 Å². The number of likely N-dealkylation sites (N-methyl/N-ethyl adjacent to an activating group) is 1. The standard InChI is InChI=1S/C16H12Cl3NO3S/c1-7-15(19)9(18)4-13-16(7)23-11-3-8(17)10(5-12(11)24-13)22-6-14(21)20-2/h3-5H,6H2,1-2H3,(H,20,21). The zero-order chi connectivity index (χ0) is 17.4. The van der Waals surface area contributed by atoms with Crippen LogP contribution >= 0.6 is 46.6 Å². The zero-order valence-electron chi connectivity index (χ0n) is 12.7. The van der Waals surface area contributed by atoms with Gasteiger partial charge in [0.15, 0.2) is 6.61 Å². The molecule has 0 saturated carbocycles. The number of hydrogen-bond acceptors (Lipinski definition) is 4. The Kier molecular flexibility index (Phi) is 5.06. The molecular weight excluding hydrogens is 393 g/mol. The van der Waals surface area contributed by atoms with Crippen molar-refractivity contribution in [3.63, 3.8) is 0 Å². The second-order valence-electron chi connectivity index (χ2n) is 5.02. The number of benzene rings is 2. The van der Waals surface area contributed by atoms with E-state index in [-0.39, 0.29) is 12.5 Å². The van der Waals surface area contributed by atoms with Gasteiger partial charge in [-0.25, -0.2) is 0 Å². The molecule has 3 rings (SSSR count). The Morgan fingerprint density at radius 2 is 1.96 bits per heavy atom. The molecule has 0 radical (unpaired) electrons. The lowest BCUT2D eigenvalue weighted by Crippen LogP contribution is -2.24. The Morgan fingerprint density at radius 1 is 1.21 bits per heavy atom. The summed E-state index contributed by atoms with van der Waals surface area (Å²) in [6.45, 7) is 1.73. The van der Waals surface area contributed by atoms with Crippen molar-refractivity contribution in [2.24, 2.45) is 0 Å². The number of halogens is 3. The highest BCUT2D eigenvalue weighted by atomic mass is 35.5. The third-order valence-corrected chi connectivity index (χ3v) is 5.67. The van der Waals surface area contributed by atoms with Gasteiger partial charge in [-0.1, -0.05) is 46.6 Å². The van der Waals surface area contributed by atoms with Gasteiger partial charge >= 0.3 is 0 Å². The van der Waals surface area contributed by atoms with E-state index in [0.717, 1.165) is 15.4 Å². The van der Waals surface area contributed by atoms with Crippen LogP contribution in [0.1, 0.15) is 5.56 Å². The molecule has 24 heavy (non-hydrogen) atoms. The highest BCUT2D eigenvalue weighted by Crippen LogP contribution is 2.53. The van der Waals surface area contributed by atoms with Gasteiger partial charge in [0.1, 0.15) is 17.2 Å². The van der Waals surface area contributed by atoms with Crippen molar-refractivity contribution < 1.29 is 14.3 Å². The van der Waals surface area contributed by atoms with Crippen molar-refractivity contribution in [2.75, 3.05) is 13.7 Å². The van der Waals surface area contributed by atoms with Crippen molar-refractivity contribution in [3.05, 3.63) is 38.8 Å². The van der Waals surface area contributed by atoms with Crippen molar-refractivity contribution >= 4 is 52.5 Å². The fourth-order valence-corrected chi connectivity index (χ4v) is 3.87. The Balaban J connectivity index is 1.94. The van der Waals surface area contributed by atoms with Crippen molar-refractivity contribution in [2.45, 2.75) is 16.7 Å². The fraction of sp³-hybridized carbons (Fsp3) is 0.188. The van der Waals surface area contributed by atoms with Crippen LogP contribution in [-0.2, 0) is 4.79 Å². The lowest BCUT2D eigenvalue weighted by Gasteiger charge is -2.23. The molecule has 0 bridgehead atoms. The summed E-state index contributed by atoms with van der Waals surface area (Å²) in [5.74, 6) is 1.44. The molecule has 2 aromatic carbocycles. The molecule has 1 heterocycles. The summed E-state index contributed by atoms with van der Waals surface area (Å²) in [6.07, 6.45) is 0. The summed E-state index contributed by atoms with van der Waals surface area (Å²) in [6, 6.07) is 5.17. The van der Waals surface area contributed by atoms with E-state index >= 15 is 0 Å². The summed E-state index contributed by atoms with van der Waals surface area (Å²) < 4.78 is 11.4. The number of hydrogen-bond donors (Lipinski definition) is 1. The molecule has 0 saturated heterocycles. The first kappa shape index (κ1) is 17.5. The maximum absolute atomic E-state index is 11.3. The summed E-state index contributed by atoms with van der Waals surface area (Å²) in [7, 11) is 1.54. The molecule has 1 aliphatic heterocycles. The number of nitrogens with one attached hydrogen (secondary N) is 1. The van der Waals surface area contributed by atoms with Crippen LogP contribution in [0.3, 0.4) is 0 Å². The van der Waals surface area contributed by atoms with Gasteiger partial charge in [-0.2, -0.15) is 0 Å². The first-order valence-electron chi connectivity index (χ1n) is 6.92. The maximum Gasteiger partial charge on any atom is 0.257 e. The molecule has 0 unspecified atom stereocenters. The second kappa shape index (κ2) is 6.92. The highest BCUT2D eigenvalue weighted by molar-refractivity contribution is 7.99. The lowest BCUT2D eigenvalue weighted by molar-refractivity contribution is -0.122. The Hall–Kier alpha value is -1.27. The van der Waals surface area contributed by atoms with Crippen LogP contribution in [0.5, 0.6) is 17.2 Å². The van der Waals surface area contributed by atoms with E-state index in [4.69, 9.17) is 44.3 Å². The molecule has 0 atom stereocenters. The number of fused-ring (bicyclic) bond motifs is 2. The van der Waals surface area contributed by atoms with Crippen molar-refractivity contribution in [3.8, 4) is 17.2 Å². The normalized spacial score (nSPS) is 12.0. The van der Waals surface area contributed by atoms with Crippen LogP contribution in [0.15, 0.2) is 28.0 Å². The zero-order valence-corrected chi connectivity index (χ0v) is 15.8. The summed E-state index contributed by atoms with van der Waals surface area (Å²) in [5.41, 5.74) is 0.772. The quantitative estimate of drug-likeness (QED) is 0.640. The number of rotatable bonds is 3. The minimum absolute atomic E-state index is 0.113. The van der Waals surface area contributed by atoms with Gasteiger partial charge in [-0.05, 0) is 19.1 Å². The first-order chi connectivity index (χ1) is 11.4. The first-order valence-corrected chi connectivity index (χ1v) is 8.87. The van der Waals surface area contributed by atoms with Gasteiger partial charge < -0.3 is 14.8 Å². The SMILES string of the molecule is CNC(=O)COc1cc2c(cc1Cl)Oc1c(cc(Cl)c(Cl)c1C)S2. The third kappa shape index (κ3) is 3.26. The molecule has 0 fully saturated rings. The van der Waals surface area contributed by atoms with Crippen molar-refractivity contribution in [1.29, 1.82) is 0 Å². The van der Waals surface area contributed by atoms with Crippen molar-refractivity contribution in [1.82, 2.24) is 5.32 Å². The molecule has 1 amide bonds. The van der Waals surface area contributed by atoms with E-state index in [9.17, 15) is 4.79 Å². The smallest absolute Gasteiger partial charge is 0.257 e. The van der Waals surface area contributed by atoms with E-state index in [1.54, 1.807) is 18.2 Å². The van der Waals surface area contributed by atoms with Gasteiger partial charge in [0.05, 0.1) is 24.9 Å². The molecule has 0 aromatic heterocycles. The van der Waals surface area contributed by atoms with E-state index < -0.39 is 0 Å². The van der Waals surface area contributed by atoms with Crippen LogP contribution in [0.25, 0.3) is 0 Å². The van der Waals surface area contributed by atoms with E-state index in [1.807, 2.05) is 6.92 Å². The molecule has 126 valence electrons. The van der Waals surface area contributed by atoms with Crippen LogP contribution in [0, 0.1) is 6.92 Å². The predicted molar refractivity (Wildman–Crippen MR) is 96.4 cm³/mol. The van der Waals surface area contributed by atoms with E-state index in [0.29, 0.717) is 32.3 Å². The maximum atomic E-state index is 11.3. The van der Waals surface area contributed by atoms with Gasteiger partial charge in [0.2, 0.25) is 0 Å². The highest BCUT2D eigenvalue weighted by Gasteiger charge is 2.24. The topological polar surface area (TPSA) is 47.6 Å². The van der Waals surface area contributed by atoms with Gasteiger partial charge in [0.25, 0.3) is 5.91 Å². The average Bonchev–Trinajstić information content (AvgIpc) is 2.56. The minimum Gasteiger partial charge on any atom is -0.482 e. The monoisotopic (exact) mass is 403 g/mol. The third-order valence-electron chi connectivity index (χ3n) is 3.43. The van der Waals surface area contributed by atoms with Crippen LogP contribution in [0.4, 0.5) is 0 Å². The van der Waals surface area contributed by atoms with E-state index in [2.05, 4.69) is 5.32 Å². The number of amides is 1. The van der Waals surface area contributed by atoms with Crippen LogP contribution in [0.2, 0.25) is 15.1 Å². The summed E-state index contributed by atoms with van der Waals surface area (Å²) in [5, 5.41) is 3.78. The fourth-order valence-electron chi connectivity index (χ4n) is 2.14. The van der Waals surface area contributed by atoms with E-state index in [1.165, 1.54) is 18.8 Å². The Labute approximate surface area is 158 Å². The molecule has 1 aliphatic rings. The average molecular weight is 405 g/mol. The molecule has 0 spiro atoms. The molecule has 1 N–H and O–H groups in total. The molecule has 8 heteroatoms. The number of carbonyl (C=O) groups is 1. The summed E-state index contributed by atoms with van der Waals surface area (Å²) >= 11 is 20.0. The molecule has 0 aliphatic carbocycles. The Morgan fingerprint density at radius 3 is 2.67 bits per heavy atom. The Bertz CT molecular complexity index is 842. The lowest BCUT2D eigenvalue weighted by atomic mass is 10.2. The number of ether oxygens (including phenoxy) is 2. The molecule has 4 nitrogen and oxygen atoms in total. The minimum atomic E-state index is -0.241. The molecule has 2 aromatic rings. The summed E-state index contributed by atoms with van der Waals surface area (Å²) in [4.78, 5) is 13.0. The predicted octanol–water partition coefficient (Wildman–Crippen LogP) is 5.34. The van der Waals surface area contributed by atoms with Gasteiger partial charge in [-0.3, -0.25) is 4.79 Å². The van der Waals surface area contributed by atoms with Crippen LogP contribution < -0.4 is 14.8 Å². The molecular formula is C16H12Cl3NO3S. The van der Waals surface area contributed by atoms with Gasteiger partial charge in [-0.15, -0.1) is 0 Å². The van der Waals surface area contributed by atoms with Gasteiger partial charge in [0, 0.05) is 18.7 Å².